The molecular formula is C23H24ClFN4O4. The van der Waals surface area contributed by atoms with E-state index in [0.29, 0.717) is 43.4 Å². The number of nitrogens with one attached hydrogen (secondary N) is 1. The topological polar surface area (TPSA) is 87.5 Å². The third kappa shape index (κ3) is 5.61. The van der Waals surface area contributed by atoms with Crippen LogP contribution in [0.15, 0.2) is 53.6 Å². The molecule has 3 heterocycles. The van der Waals surface area contributed by atoms with Gasteiger partial charge in [-0.1, -0.05) is 11.6 Å². The minimum absolute atomic E-state index is 0.0128. The summed E-state index contributed by atoms with van der Waals surface area (Å²) in [6.07, 6.45) is 3.88. The standard InChI is InChI=1S/C23H24ClFN4O4/c1-2-32-17-5-7-18(8-6-17)33-20-9-4-16(12-26-20)29-22(30)21(24)19(13-28-29)27-14-23(25)10-3-11-31-15-23/h4-9,12-13,27H,2-3,10-11,14-15H2,1H3/t23-/m0/s1. The summed E-state index contributed by atoms with van der Waals surface area (Å²) in [5.74, 6) is 1.70. The zero-order chi connectivity index (χ0) is 23.3. The number of nitrogens with zero attached hydrogens (tertiary/aromatic N) is 3. The zero-order valence-electron chi connectivity index (χ0n) is 18.1. The first-order chi connectivity index (χ1) is 16.0. The Bertz CT molecular complexity index is 1130. The summed E-state index contributed by atoms with van der Waals surface area (Å²) in [5, 5.41) is 6.95. The molecule has 0 saturated carbocycles. The number of hydrogen-bond donors (Lipinski definition) is 1. The van der Waals surface area contributed by atoms with Gasteiger partial charge in [-0.2, -0.15) is 9.78 Å². The zero-order valence-corrected chi connectivity index (χ0v) is 18.8. The summed E-state index contributed by atoms with van der Waals surface area (Å²) in [7, 11) is 0. The van der Waals surface area contributed by atoms with Crippen LogP contribution in [0.4, 0.5) is 10.1 Å². The molecule has 0 aliphatic carbocycles. The van der Waals surface area contributed by atoms with E-state index in [2.05, 4.69) is 15.4 Å². The van der Waals surface area contributed by atoms with Crippen molar-refractivity contribution >= 4 is 17.3 Å². The van der Waals surface area contributed by atoms with Crippen LogP contribution in [0.5, 0.6) is 17.4 Å². The fourth-order valence-electron chi connectivity index (χ4n) is 3.40. The van der Waals surface area contributed by atoms with Crippen molar-refractivity contribution < 1.29 is 18.6 Å². The molecule has 1 aliphatic rings. The van der Waals surface area contributed by atoms with Gasteiger partial charge in [0.05, 0.1) is 43.5 Å². The summed E-state index contributed by atoms with van der Waals surface area (Å²) in [5.41, 5.74) is -1.37. The van der Waals surface area contributed by atoms with Crippen LogP contribution in [0.25, 0.3) is 5.69 Å². The van der Waals surface area contributed by atoms with Crippen molar-refractivity contribution in [3.63, 3.8) is 0 Å². The van der Waals surface area contributed by atoms with Gasteiger partial charge in [0.1, 0.15) is 16.5 Å². The van der Waals surface area contributed by atoms with Crippen LogP contribution in [-0.4, -0.2) is 46.8 Å². The largest absolute Gasteiger partial charge is 0.494 e. The molecule has 10 heteroatoms. The van der Waals surface area contributed by atoms with Gasteiger partial charge < -0.3 is 19.5 Å². The Kier molecular flexibility index (Phi) is 7.10. The number of pyridine rings is 1. The molecule has 1 atom stereocenters. The molecule has 3 aromatic rings. The summed E-state index contributed by atoms with van der Waals surface area (Å²) in [6.45, 7) is 3.06. The van der Waals surface area contributed by atoms with Crippen molar-refractivity contribution in [3.8, 4) is 23.1 Å². The highest BCUT2D eigenvalue weighted by Gasteiger charge is 2.32. The first-order valence-electron chi connectivity index (χ1n) is 10.6. The SMILES string of the molecule is CCOc1ccc(Oc2ccc(-n3ncc(NC[C@@]4(F)CCCOC4)c(Cl)c3=O)cn2)cc1. The first kappa shape index (κ1) is 23.0. The molecule has 0 radical (unpaired) electrons. The highest BCUT2D eigenvalue weighted by Crippen LogP contribution is 2.26. The third-order valence-electron chi connectivity index (χ3n) is 5.11. The second-order valence-electron chi connectivity index (χ2n) is 7.61. The maximum Gasteiger partial charge on any atom is 0.292 e. The van der Waals surface area contributed by atoms with Crippen LogP contribution >= 0.6 is 11.6 Å². The summed E-state index contributed by atoms with van der Waals surface area (Å²) in [6, 6.07) is 10.4. The normalized spacial score (nSPS) is 18.0. The van der Waals surface area contributed by atoms with Gasteiger partial charge in [0.2, 0.25) is 5.88 Å². The highest BCUT2D eigenvalue weighted by atomic mass is 35.5. The lowest BCUT2D eigenvalue weighted by Gasteiger charge is -2.29. The fraction of sp³-hybridized carbons (Fsp3) is 0.348. The van der Waals surface area contributed by atoms with E-state index in [1.165, 1.54) is 12.4 Å². The van der Waals surface area contributed by atoms with Crippen LogP contribution in [0, 0.1) is 0 Å². The molecule has 33 heavy (non-hydrogen) atoms. The Morgan fingerprint density at radius 1 is 1.21 bits per heavy atom. The van der Waals surface area contributed by atoms with Crippen LogP contribution in [0.2, 0.25) is 5.02 Å². The molecular weight excluding hydrogens is 451 g/mol. The first-order valence-corrected chi connectivity index (χ1v) is 11.0. The van der Waals surface area contributed by atoms with Gasteiger partial charge >= 0.3 is 0 Å². The molecule has 0 bridgehead atoms. The Balaban J connectivity index is 1.44. The van der Waals surface area contributed by atoms with Gasteiger partial charge in [0.15, 0.2) is 5.67 Å². The van der Waals surface area contributed by atoms with Crippen molar-refractivity contribution in [3.05, 3.63) is 64.2 Å². The van der Waals surface area contributed by atoms with E-state index in [4.69, 9.17) is 25.8 Å². The van der Waals surface area contributed by atoms with Crippen molar-refractivity contribution in [1.29, 1.82) is 0 Å². The number of halogens is 2. The average Bonchev–Trinajstić information content (AvgIpc) is 2.83. The van der Waals surface area contributed by atoms with Crippen LogP contribution in [0.3, 0.4) is 0 Å². The van der Waals surface area contributed by atoms with Gasteiger partial charge in [-0.15, -0.1) is 0 Å². The Morgan fingerprint density at radius 3 is 2.67 bits per heavy atom. The van der Waals surface area contributed by atoms with Crippen molar-refractivity contribution in [2.24, 2.45) is 0 Å². The molecule has 0 amide bonds. The van der Waals surface area contributed by atoms with E-state index >= 15 is 0 Å². The van der Waals surface area contributed by atoms with Crippen LogP contribution < -0.4 is 20.3 Å². The van der Waals surface area contributed by atoms with Crippen molar-refractivity contribution in [2.45, 2.75) is 25.4 Å². The number of hydrogen-bond acceptors (Lipinski definition) is 7. The minimum atomic E-state index is -1.50. The summed E-state index contributed by atoms with van der Waals surface area (Å²) < 4.78 is 32.2. The number of benzene rings is 1. The maximum absolute atomic E-state index is 14.7. The van der Waals surface area contributed by atoms with E-state index in [1.807, 2.05) is 6.92 Å². The number of alkyl halides is 1. The van der Waals surface area contributed by atoms with Crippen molar-refractivity contribution in [1.82, 2.24) is 14.8 Å². The van der Waals surface area contributed by atoms with E-state index in [-0.39, 0.29) is 23.9 Å². The lowest BCUT2D eigenvalue weighted by molar-refractivity contribution is -0.0234. The monoisotopic (exact) mass is 474 g/mol. The molecule has 1 aliphatic heterocycles. The predicted octanol–water partition coefficient (Wildman–Crippen LogP) is 4.40. The van der Waals surface area contributed by atoms with Gasteiger partial charge in [0, 0.05) is 12.7 Å². The molecule has 0 unspecified atom stereocenters. The van der Waals surface area contributed by atoms with Gasteiger partial charge in [-0.3, -0.25) is 4.79 Å². The van der Waals surface area contributed by atoms with Gasteiger partial charge in [-0.25, -0.2) is 9.37 Å². The molecule has 1 fully saturated rings. The summed E-state index contributed by atoms with van der Waals surface area (Å²) >= 11 is 6.24. The second-order valence-corrected chi connectivity index (χ2v) is 7.99. The molecule has 174 valence electrons. The van der Waals surface area contributed by atoms with Crippen LogP contribution in [0.1, 0.15) is 19.8 Å². The smallest absolute Gasteiger partial charge is 0.292 e. The molecule has 0 spiro atoms. The quantitative estimate of drug-likeness (QED) is 0.517. The van der Waals surface area contributed by atoms with Gasteiger partial charge in [-0.05, 0) is 50.1 Å². The average molecular weight is 475 g/mol. The van der Waals surface area contributed by atoms with E-state index in [9.17, 15) is 9.18 Å². The summed E-state index contributed by atoms with van der Waals surface area (Å²) in [4.78, 5) is 17.0. The Hall–Kier alpha value is -3.17. The van der Waals surface area contributed by atoms with Crippen LogP contribution in [-0.2, 0) is 4.74 Å². The number of anilines is 1. The second kappa shape index (κ2) is 10.2. The molecule has 1 saturated heterocycles. The van der Waals surface area contributed by atoms with E-state index < -0.39 is 11.2 Å². The molecule has 1 N–H and O–H groups in total. The third-order valence-corrected chi connectivity index (χ3v) is 5.48. The molecule has 8 nitrogen and oxygen atoms in total. The predicted molar refractivity (Wildman–Crippen MR) is 123 cm³/mol. The minimum Gasteiger partial charge on any atom is -0.494 e. The lowest BCUT2D eigenvalue weighted by Crippen LogP contribution is -2.40. The fourth-order valence-corrected chi connectivity index (χ4v) is 3.60. The molecule has 2 aromatic heterocycles. The number of aromatic nitrogens is 3. The molecule has 1 aromatic carbocycles. The molecule has 4 rings (SSSR count). The number of rotatable bonds is 8. The lowest BCUT2D eigenvalue weighted by atomic mass is 9.99. The number of ether oxygens (including phenoxy) is 3. The van der Waals surface area contributed by atoms with E-state index in [0.717, 1.165) is 10.4 Å². The van der Waals surface area contributed by atoms with Crippen molar-refractivity contribution in [2.75, 3.05) is 31.7 Å². The van der Waals surface area contributed by atoms with Gasteiger partial charge in [0.25, 0.3) is 5.56 Å². The maximum atomic E-state index is 14.7. The Labute approximate surface area is 195 Å². The highest BCUT2D eigenvalue weighted by molar-refractivity contribution is 6.32. The Morgan fingerprint density at radius 2 is 2.00 bits per heavy atom. The van der Waals surface area contributed by atoms with E-state index in [1.54, 1.807) is 36.4 Å².